The number of hydrogen-bond acceptors (Lipinski definition) is 5. The molecule has 14 heavy (non-hydrogen) atoms. The summed E-state index contributed by atoms with van der Waals surface area (Å²) >= 11 is 6.35. The Bertz CT molecular complexity index is 494. The van der Waals surface area contributed by atoms with Gasteiger partial charge in [-0.3, -0.25) is 9.78 Å². The highest BCUT2D eigenvalue weighted by molar-refractivity contribution is 7.71. The minimum atomic E-state index is 0.537. The van der Waals surface area contributed by atoms with E-state index in [0.29, 0.717) is 4.77 Å². The van der Waals surface area contributed by atoms with Crippen molar-refractivity contribution >= 4 is 23.8 Å². The van der Waals surface area contributed by atoms with Gasteiger partial charge in [-0.25, -0.2) is 0 Å². The summed E-state index contributed by atoms with van der Waals surface area (Å²) in [5.41, 5.74) is 0.958. The van der Waals surface area contributed by atoms with Crippen molar-refractivity contribution in [2.75, 3.05) is 0 Å². The van der Waals surface area contributed by atoms with Crippen LogP contribution in [0.3, 0.4) is 0 Å². The lowest BCUT2D eigenvalue weighted by Gasteiger charge is -1.92. The van der Waals surface area contributed by atoms with Crippen molar-refractivity contribution in [2.45, 2.75) is 13.3 Å². The highest BCUT2D eigenvalue weighted by Crippen LogP contribution is 2.22. The van der Waals surface area contributed by atoms with Gasteiger partial charge in [-0.1, -0.05) is 11.4 Å². The SMILES string of the molecule is CCc1nnsc1-c1nc(=S)n(C)[nH]1. The fourth-order valence-electron chi connectivity index (χ4n) is 1.12. The summed E-state index contributed by atoms with van der Waals surface area (Å²) in [6, 6.07) is 0. The van der Waals surface area contributed by atoms with Crippen LogP contribution in [0.25, 0.3) is 10.7 Å². The van der Waals surface area contributed by atoms with Crippen LogP contribution in [-0.4, -0.2) is 24.4 Å². The smallest absolute Gasteiger partial charge is 0.216 e. The van der Waals surface area contributed by atoms with Crippen molar-refractivity contribution < 1.29 is 0 Å². The topological polar surface area (TPSA) is 59.4 Å². The highest BCUT2D eigenvalue weighted by Gasteiger charge is 2.11. The van der Waals surface area contributed by atoms with Crippen LogP contribution < -0.4 is 0 Å². The third kappa shape index (κ3) is 1.48. The van der Waals surface area contributed by atoms with E-state index in [1.54, 1.807) is 4.68 Å². The van der Waals surface area contributed by atoms with Crippen LogP contribution >= 0.6 is 23.8 Å². The van der Waals surface area contributed by atoms with E-state index in [0.717, 1.165) is 22.8 Å². The quantitative estimate of drug-likeness (QED) is 0.791. The van der Waals surface area contributed by atoms with Gasteiger partial charge in [0.15, 0.2) is 5.82 Å². The second-order valence-electron chi connectivity index (χ2n) is 2.82. The Labute approximate surface area is 90.0 Å². The normalized spacial score (nSPS) is 10.7. The van der Waals surface area contributed by atoms with E-state index in [1.807, 2.05) is 14.0 Å². The van der Waals surface area contributed by atoms with Crippen molar-refractivity contribution in [2.24, 2.45) is 7.05 Å². The maximum atomic E-state index is 5.01. The Morgan fingerprint density at radius 3 is 2.93 bits per heavy atom. The van der Waals surface area contributed by atoms with E-state index in [4.69, 9.17) is 12.2 Å². The Kier molecular flexibility index (Phi) is 2.42. The van der Waals surface area contributed by atoms with Crippen molar-refractivity contribution in [1.82, 2.24) is 24.4 Å². The van der Waals surface area contributed by atoms with Crippen LogP contribution in [0.15, 0.2) is 0 Å². The lowest BCUT2D eigenvalue weighted by molar-refractivity contribution is 0.756. The largest absolute Gasteiger partial charge is 0.279 e. The summed E-state index contributed by atoms with van der Waals surface area (Å²) in [5, 5.41) is 7.07. The van der Waals surface area contributed by atoms with Gasteiger partial charge in [0.1, 0.15) is 4.88 Å². The molecule has 0 aliphatic heterocycles. The van der Waals surface area contributed by atoms with Gasteiger partial charge in [-0.05, 0) is 30.2 Å². The zero-order chi connectivity index (χ0) is 10.1. The van der Waals surface area contributed by atoms with E-state index < -0.39 is 0 Å². The molecule has 0 radical (unpaired) electrons. The summed E-state index contributed by atoms with van der Waals surface area (Å²) in [6.45, 7) is 2.04. The lowest BCUT2D eigenvalue weighted by atomic mass is 10.3. The molecule has 0 spiro atoms. The van der Waals surface area contributed by atoms with Gasteiger partial charge in [-0.2, -0.15) is 4.98 Å². The molecule has 0 saturated heterocycles. The molecule has 7 heteroatoms. The van der Waals surface area contributed by atoms with Gasteiger partial charge in [0, 0.05) is 7.05 Å². The summed E-state index contributed by atoms with van der Waals surface area (Å²) in [4.78, 5) is 5.19. The third-order valence-corrected chi connectivity index (χ3v) is 3.01. The highest BCUT2D eigenvalue weighted by atomic mass is 32.1. The Morgan fingerprint density at radius 2 is 2.36 bits per heavy atom. The minimum Gasteiger partial charge on any atom is -0.279 e. The Balaban J connectivity index is 2.54. The molecule has 0 saturated carbocycles. The summed E-state index contributed by atoms with van der Waals surface area (Å²) in [7, 11) is 1.83. The maximum absolute atomic E-state index is 5.01. The zero-order valence-corrected chi connectivity index (χ0v) is 9.45. The lowest BCUT2D eigenvalue weighted by Crippen LogP contribution is -1.90. The fourth-order valence-corrected chi connectivity index (χ4v) is 1.95. The first kappa shape index (κ1) is 9.47. The molecular formula is C7H9N5S2. The van der Waals surface area contributed by atoms with Crippen molar-refractivity contribution in [3.63, 3.8) is 0 Å². The Morgan fingerprint density at radius 1 is 1.57 bits per heavy atom. The van der Waals surface area contributed by atoms with Crippen molar-refractivity contribution in [3.8, 4) is 10.7 Å². The van der Waals surface area contributed by atoms with E-state index >= 15 is 0 Å². The molecule has 2 aromatic heterocycles. The number of hydrogen-bond donors (Lipinski definition) is 1. The molecule has 5 nitrogen and oxygen atoms in total. The predicted octanol–water partition coefficient (Wildman–Crippen LogP) is 1.56. The van der Waals surface area contributed by atoms with Crippen LogP contribution in [0.4, 0.5) is 0 Å². The standard InChI is InChI=1S/C7H9N5S2/c1-3-4-5(14-11-9-4)6-8-7(13)12(2)10-6/h3H2,1-2H3,(H,8,10,13). The van der Waals surface area contributed by atoms with E-state index in [2.05, 4.69) is 19.7 Å². The van der Waals surface area contributed by atoms with Gasteiger partial charge >= 0.3 is 0 Å². The van der Waals surface area contributed by atoms with Crippen LogP contribution in [0.2, 0.25) is 0 Å². The summed E-state index contributed by atoms with van der Waals surface area (Å²) in [6.07, 6.45) is 0.850. The summed E-state index contributed by atoms with van der Waals surface area (Å²) in [5.74, 6) is 0.754. The molecule has 1 N–H and O–H groups in total. The molecule has 74 valence electrons. The second kappa shape index (κ2) is 3.58. The molecule has 2 rings (SSSR count). The van der Waals surface area contributed by atoms with Gasteiger partial charge in [0.2, 0.25) is 4.77 Å². The predicted molar refractivity (Wildman–Crippen MR) is 56.7 cm³/mol. The molecule has 0 aliphatic carbocycles. The molecule has 0 unspecified atom stereocenters. The third-order valence-electron chi connectivity index (χ3n) is 1.87. The second-order valence-corrected chi connectivity index (χ2v) is 3.94. The first-order valence-corrected chi connectivity index (χ1v) is 5.35. The minimum absolute atomic E-state index is 0.537. The first-order chi connectivity index (χ1) is 6.72. The van der Waals surface area contributed by atoms with Crippen LogP contribution in [0.1, 0.15) is 12.6 Å². The van der Waals surface area contributed by atoms with Crippen molar-refractivity contribution in [1.29, 1.82) is 0 Å². The fraction of sp³-hybridized carbons (Fsp3) is 0.429. The maximum Gasteiger partial charge on any atom is 0.216 e. The number of aryl methyl sites for hydroxylation is 2. The molecule has 0 amide bonds. The number of H-pyrrole nitrogens is 1. The number of nitrogens with zero attached hydrogens (tertiary/aromatic N) is 4. The number of rotatable bonds is 2. The van der Waals surface area contributed by atoms with Gasteiger partial charge in [0.05, 0.1) is 5.69 Å². The number of aromatic amines is 1. The van der Waals surface area contributed by atoms with Crippen LogP contribution in [-0.2, 0) is 13.5 Å². The zero-order valence-electron chi connectivity index (χ0n) is 7.81. The molecular weight excluding hydrogens is 218 g/mol. The number of aromatic nitrogens is 5. The van der Waals surface area contributed by atoms with Gasteiger partial charge in [0.25, 0.3) is 0 Å². The van der Waals surface area contributed by atoms with Crippen LogP contribution in [0, 0.1) is 4.77 Å². The average molecular weight is 227 g/mol. The Hall–Kier alpha value is -1.08. The summed E-state index contributed by atoms with van der Waals surface area (Å²) < 4.78 is 6.13. The van der Waals surface area contributed by atoms with Gasteiger partial charge < -0.3 is 0 Å². The molecule has 0 fully saturated rings. The van der Waals surface area contributed by atoms with Crippen molar-refractivity contribution in [3.05, 3.63) is 10.5 Å². The van der Waals surface area contributed by atoms with E-state index in [-0.39, 0.29) is 0 Å². The molecule has 0 atom stereocenters. The molecule has 0 bridgehead atoms. The average Bonchev–Trinajstić information content (AvgIpc) is 2.73. The molecule has 0 aliphatic rings. The molecule has 2 heterocycles. The van der Waals surface area contributed by atoms with E-state index in [9.17, 15) is 0 Å². The molecule has 2 aromatic rings. The molecule has 0 aromatic carbocycles. The number of nitrogens with one attached hydrogen (secondary N) is 1. The first-order valence-electron chi connectivity index (χ1n) is 4.17. The van der Waals surface area contributed by atoms with E-state index in [1.165, 1.54) is 11.5 Å². The van der Waals surface area contributed by atoms with Crippen LogP contribution in [0.5, 0.6) is 0 Å². The van der Waals surface area contributed by atoms with Gasteiger partial charge in [-0.15, -0.1) is 5.10 Å². The monoisotopic (exact) mass is 227 g/mol.